The lowest BCUT2D eigenvalue weighted by molar-refractivity contribution is -0.136. The zero-order valence-electron chi connectivity index (χ0n) is 18.7. The fourth-order valence-corrected chi connectivity index (χ4v) is 4.46. The minimum atomic E-state index is -0.504. The highest BCUT2D eigenvalue weighted by Gasteiger charge is 2.32. The Hall–Kier alpha value is -3.99. The number of benzene rings is 3. The number of carbonyl (C=O) groups excluding carboxylic acids is 2. The number of hydrogen-bond donors (Lipinski definition) is 0. The van der Waals surface area contributed by atoms with Gasteiger partial charge in [-0.15, -0.1) is 0 Å². The molecule has 1 aromatic heterocycles. The first-order chi connectivity index (χ1) is 16.1. The summed E-state index contributed by atoms with van der Waals surface area (Å²) in [6, 6.07) is 23.7. The summed E-state index contributed by atoms with van der Waals surface area (Å²) >= 11 is 0. The summed E-state index contributed by atoms with van der Waals surface area (Å²) in [4.78, 5) is 29.4. The van der Waals surface area contributed by atoms with Gasteiger partial charge >= 0.3 is 5.97 Å². The number of allylic oxidation sites excluding steroid dienone is 1. The van der Waals surface area contributed by atoms with E-state index in [1.54, 1.807) is 6.07 Å². The zero-order chi connectivity index (χ0) is 22.9. The Balaban J connectivity index is 1.52. The van der Waals surface area contributed by atoms with E-state index in [0.717, 1.165) is 46.4 Å². The molecular formula is C28H24N2O3. The maximum absolute atomic E-state index is 12.9. The molecule has 164 valence electrons. The van der Waals surface area contributed by atoms with Crippen LogP contribution in [0.25, 0.3) is 16.6 Å². The predicted molar refractivity (Wildman–Crippen MR) is 128 cm³/mol. The summed E-state index contributed by atoms with van der Waals surface area (Å²) in [6.07, 6.45) is 1.95. The summed E-state index contributed by atoms with van der Waals surface area (Å²) in [5.74, 6) is 0.421. The maximum atomic E-state index is 12.9. The second-order valence-corrected chi connectivity index (χ2v) is 8.22. The molecule has 0 unspecified atom stereocenters. The molecular weight excluding hydrogens is 412 g/mol. The molecule has 33 heavy (non-hydrogen) atoms. The monoisotopic (exact) mass is 436 g/mol. The van der Waals surface area contributed by atoms with E-state index in [0.29, 0.717) is 17.7 Å². The first-order valence-electron chi connectivity index (χ1n) is 11.2. The van der Waals surface area contributed by atoms with E-state index in [4.69, 9.17) is 9.72 Å². The lowest BCUT2D eigenvalue weighted by atomic mass is 9.98. The molecule has 1 aliphatic rings. The fourth-order valence-electron chi connectivity index (χ4n) is 4.46. The van der Waals surface area contributed by atoms with Crippen molar-refractivity contribution in [2.24, 2.45) is 0 Å². The second-order valence-electron chi connectivity index (χ2n) is 8.22. The van der Waals surface area contributed by atoms with Gasteiger partial charge in [0.05, 0.1) is 11.0 Å². The number of para-hydroxylation sites is 2. The van der Waals surface area contributed by atoms with Gasteiger partial charge in [-0.05, 0) is 35.2 Å². The van der Waals surface area contributed by atoms with Crippen LogP contribution in [0.5, 0.6) is 0 Å². The molecule has 0 spiro atoms. The highest BCUT2D eigenvalue weighted by atomic mass is 16.5. The van der Waals surface area contributed by atoms with Crippen LogP contribution >= 0.6 is 0 Å². The molecule has 0 N–H and O–H groups in total. The smallest absolute Gasteiger partial charge is 0.308 e. The number of aryl methyl sites for hydroxylation is 1. The largest absolute Gasteiger partial charge is 0.422 e. The van der Waals surface area contributed by atoms with Crippen molar-refractivity contribution < 1.29 is 14.3 Å². The minimum Gasteiger partial charge on any atom is -0.422 e. The van der Waals surface area contributed by atoms with Crippen LogP contribution in [-0.4, -0.2) is 21.3 Å². The molecule has 0 saturated heterocycles. The third kappa shape index (κ3) is 3.76. The average Bonchev–Trinajstić information content (AvgIpc) is 3.30. The highest BCUT2D eigenvalue weighted by Crippen LogP contribution is 2.38. The Morgan fingerprint density at radius 2 is 1.64 bits per heavy atom. The van der Waals surface area contributed by atoms with Gasteiger partial charge < -0.3 is 9.30 Å². The molecule has 0 fully saturated rings. The first-order valence-corrected chi connectivity index (χ1v) is 11.2. The van der Waals surface area contributed by atoms with Crippen LogP contribution in [0.15, 0.2) is 78.6 Å². The van der Waals surface area contributed by atoms with Crippen molar-refractivity contribution >= 4 is 28.4 Å². The molecule has 1 aliphatic carbocycles. The van der Waals surface area contributed by atoms with Crippen molar-refractivity contribution in [2.45, 2.75) is 33.2 Å². The summed E-state index contributed by atoms with van der Waals surface area (Å²) in [7, 11) is 0. The third-order valence-electron chi connectivity index (χ3n) is 5.91. The molecule has 0 aliphatic heterocycles. The van der Waals surface area contributed by atoms with Crippen LogP contribution in [0.1, 0.15) is 53.1 Å². The summed E-state index contributed by atoms with van der Waals surface area (Å²) in [5, 5.41) is 0. The molecule has 5 heteroatoms. The molecule has 5 nitrogen and oxygen atoms in total. The van der Waals surface area contributed by atoms with E-state index in [9.17, 15) is 9.59 Å². The predicted octanol–water partition coefficient (Wildman–Crippen LogP) is 5.56. The van der Waals surface area contributed by atoms with Gasteiger partial charge in [0, 0.05) is 31.0 Å². The Bertz CT molecular complexity index is 1410. The number of fused-ring (bicyclic) bond motifs is 2. The number of Topliss-reactive ketones (excluding diaryl/α,β-unsaturated/α-hetero) is 1. The Morgan fingerprint density at radius 1 is 0.939 bits per heavy atom. The summed E-state index contributed by atoms with van der Waals surface area (Å²) in [5.41, 5.74) is 6.12. The summed E-state index contributed by atoms with van der Waals surface area (Å²) < 4.78 is 7.63. The number of hydrogen-bond acceptors (Lipinski definition) is 4. The van der Waals surface area contributed by atoms with Crippen molar-refractivity contribution in [3.05, 3.63) is 107 Å². The van der Waals surface area contributed by atoms with Gasteiger partial charge in [-0.25, -0.2) is 4.98 Å². The normalized spacial score (nSPS) is 13.0. The zero-order valence-corrected chi connectivity index (χ0v) is 18.7. The van der Waals surface area contributed by atoms with Crippen LogP contribution in [0.3, 0.4) is 0 Å². The Kier molecular flexibility index (Phi) is 5.38. The topological polar surface area (TPSA) is 61.2 Å². The van der Waals surface area contributed by atoms with Gasteiger partial charge in [-0.3, -0.25) is 9.59 Å². The van der Waals surface area contributed by atoms with Gasteiger partial charge in [-0.2, -0.15) is 0 Å². The van der Waals surface area contributed by atoms with Crippen molar-refractivity contribution in [2.75, 3.05) is 0 Å². The van der Waals surface area contributed by atoms with Crippen LogP contribution in [0.2, 0.25) is 0 Å². The lowest BCUT2D eigenvalue weighted by Gasteiger charge is -2.11. The van der Waals surface area contributed by atoms with E-state index in [-0.39, 0.29) is 11.5 Å². The number of esters is 1. The average molecular weight is 437 g/mol. The molecule has 0 saturated carbocycles. The van der Waals surface area contributed by atoms with E-state index in [2.05, 4.69) is 29.7 Å². The third-order valence-corrected chi connectivity index (χ3v) is 5.91. The number of ether oxygens (including phenoxy) is 1. The number of carbonyl (C=O) groups is 2. The standard InChI is InChI=1S/C28H24N2O3/c1-3-8-25-29-23-11-6-7-12-24(23)30(25)17-19-13-15-20(16-14-19)26-21-9-4-5-10-22(21)27(32)28(26)33-18(2)31/h4-7,9-16H,3,8,17H2,1-2H3. The molecule has 4 aromatic rings. The first kappa shape index (κ1) is 20.9. The number of aromatic nitrogens is 2. The maximum Gasteiger partial charge on any atom is 0.308 e. The summed E-state index contributed by atoms with van der Waals surface area (Å²) in [6.45, 7) is 4.18. The molecule has 0 atom stereocenters. The molecule has 0 amide bonds. The number of nitrogens with zero attached hydrogens (tertiary/aromatic N) is 2. The molecule has 0 bridgehead atoms. The van der Waals surface area contributed by atoms with E-state index in [1.807, 2.05) is 48.5 Å². The SMILES string of the molecule is CCCc1nc2ccccc2n1Cc1ccc(C2=C(OC(C)=O)C(=O)c3ccccc32)cc1. The highest BCUT2D eigenvalue weighted by molar-refractivity contribution is 6.22. The second kappa shape index (κ2) is 8.51. The quantitative estimate of drug-likeness (QED) is 0.372. The number of imidazole rings is 1. The van der Waals surface area contributed by atoms with E-state index in [1.165, 1.54) is 6.92 Å². The Morgan fingerprint density at radius 3 is 2.36 bits per heavy atom. The number of rotatable bonds is 6. The molecule has 5 rings (SSSR count). The molecule has 1 heterocycles. The van der Waals surface area contributed by atoms with Crippen molar-refractivity contribution in [1.82, 2.24) is 9.55 Å². The van der Waals surface area contributed by atoms with E-state index >= 15 is 0 Å². The van der Waals surface area contributed by atoms with Gasteiger partial charge in [0.2, 0.25) is 5.78 Å². The molecule has 3 aromatic carbocycles. The van der Waals surface area contributed by atoms with Crippen LogP contribution < -0.4 is 0 Å². The fraction of sp³-hybridized carbons (Fsp3) is 0.179. The van der Waals surface area contributed by atoms with Gasteiger partial charge in [-0.1, -0.05) is 67.6 Å². The number of ketones is 1. The Labute approximate surface area is 192 Å². The minimum absolute atomic E-state index is 0.0993. The van der Waals surface area contributed by atoms with Crippen molar-refractivity contribution in [3.63, 3.8) is 0 Å². The van der Waals surface area contributed by atoms with Crippen LogP contribution in [0.4, 0.5) is 0 Å². The van der Waals surface area contributed by atoms with E-state index < -0.39 is 5.97 Å². The van der Waals surface area contributed by atoms with Gasteiger partial charge in [0.1, 0.15) is 5.82 Å². The van der Waals surface area contributed by atoms with Gasteiger partial charge in [0.25, 0.3) is 0 Å². The van der Waals surface area contributed by atoms with Crippen LogP contribution in [-0.2, 0) is 22.5 Å². The van der Waals surface area contributed by atoms with Crippen molar-refractivity contribution in [3.8, 4) is 0 Å². The lowest BCUT2D eigenvalue weighted by Crippen LogP contribution is -2.07. The van der Waals surface area contributed by atoms with Gasteiger partial charge in [0.15, 0.2) is 5.76 Å². The van der Waals surface area contributed by atoms with Crippen molar-refractivity contribution in [1.29, 1.82) is 0 Å². The van der Waals surface area contributed by atoms with Crippen LogP contribution in [0, 0.1) is 0 Å². The molecule has 0 radical (unpaired) electrons.